The first kappa shape index (κ1) is 18.6. The first-order chi connectivity index (χ1) is 13.6. The second-order valence-corrected chi connectivity index (χ2v) is 7.27. The lowest BCUT2D eigenvalue weighted by Gasteiger charge is -2.32. The molecule has 8 nitrogen and oxygen atoms in total. The number of H-pyrrole nitrogens is 1. The first-order valence-corrected chi connectivity index (χ1v) is 9.61. The number of hydrogen-bond donors (Lipinski definition) is 2. The van der Waals surface area contributed by atoms with Gasteiger partial charge in [0, 0.05) is 32.2 Å². The van der Waals surface area contributed by atoms with Crippen LogP contribution in [-0.2, 0) is 22.5 Å². The maximum atomic E-state index is 12.7. The monoisotopic (exact) mass is 383 g/mol. The van der Waals surface area contributed by atoms with Crippen LogP contribution >= 0.6 is 0 Å². The Labute approximate surface area is 163 Å². The number of aromatic nitrogens is 2. The number of piperazine rings is 1. The van der Waals surface area contributed by atoms with Crippen LogP contribution in [0.15, 0.2) is 35.1 Å². The molecule has 2 aromatic rings. The molecule has 2 aliphatic rings. The highest BCUT2D eigenvalue weighted by molar-refractivity contribution is 5.82. The van der Waals surface area contributed by atoms with Crippen LogP contribution in [0.3, 0.4) is 0 Å². The number of benzene rings is 1. The fourth-order valence-electron chi connectivity index (χ4n) is 3.63. The number of carbonyl (C=O) groups is 1. The molecule has 8 heteroatoms. The van der Waals surface area contributed by atoms with Gasteiger partial charge in [-0.15, -0.1) is 0 Å². The number of ether oxygens (including phenoxy) is 1. The number of nitrogens with one attached hydrogen (secondary N) is 2. The van der Waals surface area contributed by atoms with Gasteiger partial charge in [0.05, 0.1) is 18.8 Å². The van der Waals surface area contributed by atoms with Crippen molar-refractivity contribution in [2.24, 2.45) is 0 Å². The zero-order valence-corrected chi connectivity index (χ0v) is 16.0. The minimum atomic E-state index is -0.621. The van der Waals surface area contributed by atoms with Gasteiger partial charge in [-0.25, -0.2) is 4.98 Å². The second-order valence-electron chi connectivity index (χ2n) is 7.27. The van der Waals surface area contributed by atoms with Gasteiger partial charge in [-0.05, 0) is 24.6 Å². The molecule has 28 heavy (non-hydrogen) atoms. The summed E-state index contributed by atoms with van der Waals surface area (Å²) in [7, 11) is 2.07. The van der Waals surface area contributed by atoms with E-state index < -0.39 is 6.10 Å². The Balaban J connectivity index is 1.44. The van der Waals surface area contributed by atoms with Crippen LogP contribution in [0.1, 0.15) is 22.9 Å². The predicted molar refractivity (Wildman–Crippen MR) is 105 cm³/mol. The molecule has 1 aromatic heterocycles. The Kier molecular flexibility index (Phi) is 5.40. The zero-order valence-electron chi connectivity index (χ0n) is 16.0. The number of likely N-dealkylation sites (N-methyl/N-ethyl adjacent to an activating group) is 1. The molecule has 0 saturated carbocycles. The quantitative estimate of drug-likeness (QED) is 0.797. The smallest absolute Gasteiger partial charge is 0.254 e. The Hall–Kier alpha value is -2.71. The van der Waals surface area contributed by atoms with Crippen LogP contribution in [0, 0.1) is 0 Å². The lowest BCUT2D eigenvalue weighted by molar-refractivity contribution is -0.134. The zero-order chi connectivity index (χ0) is 19.5. The number of amides is 1. The lowest BCUT2D eigenvalue weighted by Crippen LogP contribution is -2.45. The molecule has 1 amide bonds. The van der Waals surface area contributed by atoms with Crippen LogP contribution < -0.4 is 15.8 Å². The molecule has 3 heterocycles. The van der Waals surface area contributed by atoms with E-state index in [9.17, 15) is 9.59 Å². The summed E-state index contributed by atoms with van der Waals surface area (Å²) in [5, 5.41) is 2.87. The van der Waals surface area contributed by atoms with Gasteiger partial charge in [-0.3, -0.25) is 14.6 Å². The highest BCUT2D eigenvalue weighted by Crippen LogP contribution is 2.27. The van der Waals surface area contributed by atoms with Crippen molar-refractivity contribution in [1.82, 2.24) is 20.2 Å². The van der Waals surface area contributed by atoms with Crippen LogP contribution in [0.4, 0.5) is 5.95 Å². The van der Waals surface area contributed by atoms with Crippen molar-refractivity contribution in [3.05, 3.63) is 57.5 Å². The fraction of sp³-hybridized carbons (Fsp3) is 0.450. The summed E-state index contributed by atoms with van der Waals surface area (Å²) < 4.78 is 5.69. The van der Waals surface area contributed by atoms with Crippen molar-refractivity contribution in [1.29, 1.82) is 0 Å². The minimum Gasteiger partial charge on any atom is -0.363 e. The standard InChI is InChI=1S/C20H25N5O3/c1-24-7-9-25(10-8-24)20-22-15(12-17(26)23-20)13-21-19(27)18-16-5-3-2-4-14(16)6-11-28-18/h2-5,12,18H,6-11,13H2,1H3,(H,21,27)(H,22,23,26)/t18-/m0/s1. The average Bonchev–Trinajstić information content (AvgIpc) is 2.71. The van der Waals surface area contributed by atoms with Gasteiger partial charge in [0.2, 0.25) is 5.95 Å². The van der Waals surface area contributed by atoms with Gasteiger partial charge < -0.3 is 19.9 Å². The lowest BCUT2D eigenvalue weighted by atomic mass is 9.97. The number of anilines is 1. The molecule has 1 aromatic carbocycles. The van der Waals surface area contributed by atoms with Crippen molar-refractivity contribution >= 4 is 11.9 Å². The van der Waals surface area contributed by atoms with Crippen LogP contribution in [-0.4, -0.2) is 60.6 Å². The maximum Gasteiger partial charge on any atom is 0.254 e. The molecule has 1 saturated heterocycles. The molecule has 0 unspecified atom stereocenters. The van der Waals surface area contributed by atoms with E-state index in [1.54, 1.807) is 0 Å². The van der Waals surface area contributed by atoms with Crippen molar-refractivity contribution < 1.29 is 9.53 Å². The summed E-state index contributed by atoms with van der Waals surface area (Å²) in [6, 6.07) is 9.26. The van der Waals surface area contributed by atoms with E-state index in [4.69, 9.17) is 4.74 Å². The summed E-state index contributed by atoms with van der Waals surface area (Å²) in [5.41, 5.74) is 2.37. The number of rotatable bonds is 4. The van der Waals surface area contributed by atoms with Crippen molar-refractivity contribution in [2.75, 3.05) is 44.7 Å². The largest absolute Gasteiger partial charge is 0.363 e. The Bertz CT molecular complexity index is 905. The molecule has 0 bridgehead atoms. The third-order valence-electron chi connectivity index (χ3n) is 5.26. The Morgan fingerprint density at radius 2 is 2.07 bits per heavy atom. The topological polar surface area (TPSA) is 90.6 Å². The number of fused-ring (bicyclic) bond motifs is 1. The van der Waals surface area contributed by atoms with Gasteiger partial charge in [0.25, 0.3) is 11.5 Å². The third-order valence-corrected chi connectivity index (χ3v) is 5.26. The molecule has 1 atom stereocenters. The van der Waals surface area contributed by atoms with E-state index >= 15 is 0 Å². The van der Waals surface area contributed by atoms with Gasteiger partial charge in [-0.1, -0.05) is 24.3 Å². The number of carbonyl (C=O) groups excluding carboxylic acids is 1. The third kappa shape index (κ3) is 4.07. The molecule has 4 rings (SSSR count). The molecule has 0 radical (unpaired) electrons. The van der Waals surface area contributed by atoms with E-state index in [0.717, 1.165) is 43.7 Å². The molecule has 148 valence electrons. The molecule has 2 N–H and O–H groups in total. The van der Waals surface area contributed by atoms with Gasteiger partial charge in [0.1, 0.15) is 0 Å². The Morgan fingerprint density at radius 3 is 2.89 bits per heavy atom. The van der Waals surface area contributed by atoms with Crippen molar-refractivity contribution in [3.63, 3.8) is 0 Å². The van der Waals surface area contributed by atoms with E-state index in [1.165, 1.54) is 6.07 Å². The van der Waals surface area contributed by atoms with E-state index in [2.05, 4.69) is 32.1 Å². The van der Waals surface area contributed by atoms with Gasteiger partial charge in [-0.2, -0.15) is 0 Å². The highest BCUT2D eigenvalue weighted by Gasteiger charge is 2.27. The average molecular weight is 383 g/mol. The summed E-state index contributed by atoms with van der Waals surface area (Å²) in [4.78, 5) is 36.4. The summed E-state index contributed by atoms with van der Waals surface area (Å²) in [5.74, 6) is 0.347. The molecule has 0 spiro atoms. The van der Waals surface area contributed by atoms with Crippen LogP contribution in [0.2, 0.25) is 0 Å². The van der Waals surface area contributed by atoms with Crippen molar-refractivity contribution in [3.8, 4) is 0 Å². The van der Waals surface area contributed by atoms with E-state index in [1.807, 2.05) is 24.3 Å². The van der Waals surface area contributed by atoms with Crippen LogP contribution in [0.5, 0.6) is 0 Å². The molecule has 1 fully saturated rings. The number of aromatic amines is 1. The number of nitrogens with zero attached hydrogens (tertiary/aromatic N) is 3. The highest BCUT2D eigenvalue weighted by atomic mass is 16.5. The number of hydrogen-bond acceptors (Lipinski definition) is 6. The molecule has 0 aliphatic carbocycles. The molecular weight excluding hydrogens is 358 g/mol. The Morgan fingerprint density at radius 1 is 1.29 bits per heavy atom. The SMILES string of the molecule is CN1CCN(c2nc(CNC(=O)[C@H]3OCCc4ccccc43)cc(=O)[nH]2)CC1. The fourth-order valence-corrected chi connectivity index (χ4v) is 3.63. The predicted octanol–water partition coefficient (Wildman–Crippen LogP) is 0.452. The van der Waals surface area contributed by atoms with E-state index in [-0.39, 0.29) is 18.0 Å². The summed E-state index contributed by atoms with van der Waals surface area (Å²) >= 11 is 0. The first-order valence-electron chi connectivity index (χ1n) is 9.61. The van der Waals surface area contributed by atoms with Gasteiger partial charge >= 0.3 is 0 Å². The molecular formula is C20H25N5O3. The normalized spacial score (nSPS) is 19.9. The summed E-state index contributed by atoms with van der Waals surface area (Å²) in [6.45, 7) is 4.16. The van der Waals surface area contributed by atoms with Crippen molar-refractivity contribution in [2.45, 2.75) is 19.1 Å². The van der Waals surface area contributed by atoms with E-state index in [0.29, 0.717) is 18.2 Å². The molecule has 2 aliphatic heterocycles. The minimum absolute atomic E-state index is 0.186. The maximum absolute atomic E-state index is 12.7. The van der Waals surface area contributed by atoms with Crippen LogP contribution in [0.25, 0.3) is 0 Å². The summed E-state index contributed by atoms with van der Waals surface area (Å²) in [6.07, 6.45) is 0.188. The van der Waals surface area contributed by atoms with Gasteiger partial charge in [0.15, 0.2) is 6.10 Å². The second kappa shape index (κ2) is 8.12.